The van der Waals surface area contributed by atoms with Gasteiger partial charge in [-0.2, -0.15) is 0 Å². The number of anilines is 1. The van der Waals surface area contributed by atoms with Gasteiger partial charge in [-0.25, -0.2) is 0 Å². The molecule has 2 aromatic rings. The highest BCUT2D eigenvalue weighted by atomic mass is 16.3. The number of nitrogens with one attached hydrogen (secondary N) is 2. The van der Waals surface area contributed by atoms with Crippen molar-refractivity contribution in [3.8, 4) is 0 Å². The molecule has 3 rings (SSSR count). The second-order valence-electron chi connectivity index (χ2n) is 5.59. The lowest BCUT2D eigenvalue weighted by molar-refractivity contribution is 0.453. The summed E-state index contributed by atoms with van der Waals surface area (Å²) in [6.45, 7) is 4.12. The van der Waals surface area contributed by atoms with Crippen LogP contribution in [0.15, 0.2) is 41.0 Å². The molecule has 3 heteroatoms. The lowest BCUT2D eigenvalue weighted by Crippen LogP contribution is -2.27. The average Bonchev–Trinajstić information content (AvgIpc) is 2.98. The Bertz CT molecular complexity index is 548. The summed E-state index contributed by atoms with van der Waals surface area (Å²) >= 11 is 0. The van der Waals surface area contributed by atoms with Crippen molar-refractivity contribution in [2.24, 2.45) is 0 Å². The van der Waals surface area contributed by atoms with Gasteiger partial charge in [-0.05, 0) is 55.5 Å². The molecular weight excluding hydrogens is 248 g/mol. The van der Waals surface area contributed by atoms with Crippen molar-refractivity contribution in [1.29, 1.82) is 0 Å². The van der Waals surface area contributed by atoms with Gasteiger partial charge in [-0.15, -0.1) is 0 Å². The molecule has 0 amide bonds. The molecule has 1 aromatic carbocycles. The summed E-state index contributed by atoms with van der Waals surface area (Å²) in [6, 6.07) is 11.2. The maximum Gasteiger partial charge on any atom is 0.117 e. The molecule has 0 aliphatic carbocycles. The first-order valence-electron chi connectivity index (χ1n) is 7.43. The summed E-state index contributed by atoms with van der Waals surface area (Å²) in [7, 11) is 0. The van der Waals surface area contributed by atoms with Crippen molar-refractivity contribution in [1.82, 2.24) is 5.32 Å². The highest BCUT2D eigenvalue weighted by Crippen LogP contribution is 2.23. The Hall–Kier alpha value is -1.74. The minimum Gasteiger partial charge on any atom is -0.468 e. The van der Waals surface area contributed by atoms with Crippen LogP contribution in [0.3, 0.4) is 0 Å². The Morgan fingerprint density at radius 1 is 1.35 bits per heavy atom. The molecule has 2 N–H and O–H groups in total. The highest BCUT2D eigenvalue weighted by molar-refractivity contribution is 5.54. The largest absolute Gasteiger partial charge is 0.468 e. The molecule has 3 nitrogen and oxygen atoms in total. The number of hydrogen-bond acceptors (Lipinski definition) is 3. The number of furan rings is 1. The van der Waals surface area contributed by atoms with Crippen LogP contribution in [-0.2, 0) is 19.4 Å². The molecule has 0 radical (unpaired) electrons. The van der Waals surface area contributed by atoms with Gasteiger partial charge >= 0.3 is 0 Å². The molecule has 0 fully saturated rings. The SMILES string of the molecule is CC(Cc1ccc2c(c1)CCCN2)NCc1ccco1. The minimum absolute atomic E-state index is 0.440. The Kier molecular flexibility index (Phi) is 4.07. The van der Waals surface area contributed by atoms with E-state index in [1.807, 2.05) is 12.1 Å². The molecule has 1 aliphatic heterocycles. The van der Waals surface area contributed by atoms with Crippen molar-refractivity contribution >= 4 is 5.69 Å². The fourth-order valence-corrected chi connectivity index (χ4v) is 2.77. The van der Waals surface area contributed by atoms with E-state index in [0.29, 0.717) is 6.04 Å². The highest BCUT2D eigenvalue weighted by Gasteiger charge is 2.10. The first-order chi connectivity index (χ1) is 9.81. The van der Waals surface area contributed by atoms with Crippen molar-refractivity contribution < 1.29 is 4.42 Å². The zero-order valence-corrected chi connectivity index (χ0v) is 12.0. The Morgan fingerprint density at radius 2 is 2.30 bits per heavy atom. The van der Waals surface area contributed by atoms with E-state index in [4.69, 9.17) is 4.42 Å². The normalized spacial score (nSPS) is 15.4. The molecule has 1 atom stereocenters. The van der Waals surface area contributed by atoms with Crippen molar-refractivity contribution in [2.75, 3.05) is 11.9 Å². The lowest BCUT2D eigenvalue weighted by atomic mass is 9.98. The second-order valence-corrected chi connectivity index (χ2v) is 5.59. The van der Waals surface area contributed by atoms with Gasteiger partial charge in [0.15, 0.2) is 0 Å². The lowest BCUT2D eigenvalue weighted by Gasteiger charge is -2.20. The van der Waals surface area contributed by atoms with E-state index in [2.05, 4.69) is 35.8 Å². The van der Waals surface area contributed by atoms with Crippen LogP contribution in [0.1, 0.15) is 30.2 Å². The van der Waals surface area contributed by atoms with Crippen LogP contribution in [0, 0.1) is 0 Å². The summed E-state index contributed by atoms with van der Waals surface area (Å²) in [6.07, 6.45) is 5.21. The van der Waals surface area contributed by atoms with Crippen LogP contribution >= 0.6 is 0 Å². The smallest absolute Gasteiger partial charge is 0.117 e. The van der Waals surface area contributed by atoms with Crippen LogP contribution in [0.4, 0.5) is 5.69 Å². The van der Waals surface area contributed by atoms with Crippen LogP contribution in [-0.4, -0.2) is 12.6 Å². The second kappa shape index (κ2) is 6.14. The van der Waals surface area contributed by atoms with Crippen molar-refractivity contribution in [3.05, 3.63) is 53.5 Å². The van der Waals surface area contributed by atoms with E-state index in [9.17, 15) is 0 Å². The Balaban J connectivity index is 1.56. The fraction of sp³-hybridized carbons (Fsp3) is 0.412. The third-order valence-electron chi connectivity index (χ3n) is 3.85. The molecule has 0 saturated carbocycles. The van der Waals surface area contributed by atoms with Gasteiger partial charge in [0.25, 0.3) is 0 Å². The average molecular weight is 270 g/mol. The maximum atomic E-state index is 5.34. The molecular formula is C17H22N2O. The van der Waals surface area contributed by atoms with Crippen molar-refractivity contribution in [2.45, 2.75) is 38.8 Å². The zero-order chi connectivity index (χ0) is 13.8. The maximum absolute atomic E-state index is 5.34. The minimum atomic E-state index is 0.440. The summed E-state index contributed by atoms with van der Waals surface area (Å²) in [5, 5.41) is 6.96. The first kappa shape index (κ1) is 13.3. The third kappa shape index (κ3) is 3.23. The van der Waals surface area contributed by atoms with E-state index >= 15 is 0 Å². The number of fused-ring (bicyclic) bond motifs is 1. The van der Waals surface area contributed by atoms with Gasteiger partial charge in [-0.1, -0.05) is 12.1 Å². The monoisotopic (exact) mass is 270 g/mol. The predicted octanol–water partition coefficient (Wildman–Crippen LogP) is 3.36. The van der Waals surface area contributed by atoms with Crippen LogP contribution in [0.2, 0.25) is 0 Å². The number of rotatable bonds is 5. The van der Waals surface area contributed by atoms with Gasteiger partial charge in [0.1, 0.15) is 5.76 Å². The predicted molar refractivity (Wildman–Crippen MR) is 82.0 cm³/mol. The van der Waals surface area contributed by atoms with E-state index in [1.54, 1.807) is 6.26 Å². The van der Waals surface area contributed by atoms with Crippen molar-refractivity contribution in [3.63, 3.8) is 0 Å². The molecule has 0 spiro atoms. The topological polar surface area (TPSA) is 37.2 Å². The standard InChI is InChI=1S/C17H22N2O/c1-13(19-12-16-5-3-9-20-16)10-14-6-7-17-15(11-14)4-2-8-18-17/h3,5-7,9,11,13,18-19H,2,4,8,10,12H2,1H3. The quantitative estimate of drug-likeness (QED) is 0.875. The number of hydrogen-bond donors (Lipinski definition) is 2. The van der Waals surface area contributed by atoms with Gasteiger partial charge < -0.3 is 15.1 Å². The summed E-state index contributed by atoms with van der Waals surface area (Å²) in [5.41, 5.74) is 4.19. The first-order valence-corrected chi connectivity index (χ1v) is 7.43. The fourth-order valence-electron chi connectivity index (χ4n) is 2.77. The van der Waals surface area contributed by atoms with Gasteiger partial charge in [-0.3, -0.25) is 0 Å². The summed E-state index contributed by atoms with van der Waals surface area (Å²) in [5.74, 6) is 0.992. The molecule has 106 valence electrons. The molecule has 2 heterocycles. The number of aryl methyl sites for hydroxylation is 1. The molecule has 1 aromatic heterocycles. The molecule has 0 saturated heterocycles. The molecule has 1 unspecified atom stereocenters. The molecule has 20 heavy (non-hydrogen) atoms. The zero-order valence-electron chi connectivity index (χ0n) is 12.0. The van der Waals surface area contributed by atoms with Crippen LogP contribution in [0.5, 0.6) is 0 Å². The van der Waals surface area contributed by atoms with Gasteiger partial charge in [0.2, 0.25) is 0 Å². The summed E-state index contributed by atoms with van der Waals surface area (Å²) < 4.78 is 5.34. The van der Waals surface area contributed by atoms with E-state index in [1.165, 1.54) is 29.7 Å². The van der Waals surface area contributed by atoms with Crippen LogP contribution < -0.4 is 10.6 Å². The van der Waals surface area contributed by atoms with E-state index in [-0.39, 0.29) is 0 Å². The Morgan fingerprint density at radius 3 is 3.15 bits per heavy atom. The third-order valence-corrected chi connectivity index (χ3v) is 3.85. The van der Waals surface area contributed by atoms with Gasteiger partial charge in [0.05, 0.1) is 12.8 Å². The van der Waals surface area contributed by atoms with E-state index in [0.717, 1.165) is 25.3 Å². The summed E-state index contributed by atoms with van der Waals surface area (Å²) in [4.78, 5) is 0. The number of benzene rings is 1. The Labute approximate surface area is 120 Å². The van der Waals surface area contributed by atoms with Gasteiger partial charge in [0, 0.05) is 18.3 Å². The van der Waals surface area contributed by atoms with Crippen LogP contribution in [0.25, 0.3) is 0 Å². The molecule has 0 bridgehead atoms. The van der Waals surface area contributed by atoms with E-state index < -0.39 is 0 Å². The molecule has 1 aliphatic rings.